The molecule has 0 amide bonds. The molecule has 18 heavy (non-hydrogen) atoms. The summed E-state index contributed by atoms with van der Waals surface area (Å²) in [6.07, 6.45) is -2.61. The van der Waals surface area contributed by atoms with Gasteiger partial charge in [0, 0.05) is 23.6 Å². The SMILES string of the molecule is NCC1CCCN1c1cc(Br)ccc1C(F)(F)F. The summed E-state index contributed by atoms with van der Waals surface area (Å²) in [5.41, 5.74) is 5.26. The first-order valence-corrected chi connectivity index (χ1v) is 6.56. The maximum absolute atomic E-state index is 13.0. The zero-order chi connectivity index (χ0) is 13.3. The van der Waals surface area contributed by atoms with Gasteiger partial charge in [-0.2, -0.15) is 13.2 Å². The summed E-state index contributed by atoms with van der Waals surface area (Å²) in [5.74, 6) is 0. The number of nitrogens with two attached hydrogens (primary N) is 1. The smallest absolute Gasteiger partial charge is 0.367 e. The molecule has 1 heterocycles. The molecule has 1 unspecified atom stereocenters. The summed E-state index contributed by atoms with van der Waals surface area (Å²) in [7, 11) is 0. The van der Waals surface area contributed by atoms with Crippen LogP contribution in [0, 0.1) is 0 Å². The molecule has 0 radical (unpaired) electrons. The number of hydrogen-bond acceptors (Lipinski definition) is 2. The van der Waals surface area contributed by atoms with E-state index in [0.717, 1.165) is 18.9 Å². The van der Waals surface area contributed by atoms with Crippen LogP contribution in [0.4, 0.5) is 18.9 Å². The Labute approximate surface area is 112 Å². The van der Waals surface area contributed by atoms with Crippen molar-refractivity contribution >= 4 is 21.6 Å². The predicted molar refractivity (Wildman–Crippen MR) is 68.6 cm³/mol. The average molecular weight is 323 g/mol. The van der Waals surface area contributed by atoms with Gasteiger partial charge in [0.15, 0.2) is 0 Å². The van der Waals surface area contributed by atoms with Crippen molar-refractivity contribution in [1.29, 1.82) is 0 Å². The molecule has 1 atom stereocenters. The van der Waals surface area contributed by atoms with Crippen LogP contribution in [0.3, 0.4) is 0 Å². The van der Waals surface area contributed by atoms with Crippen LogP contribution in [0.5, 0.6) is 0 Å². The van der Waals surface area contributed by atoms with E-state index in [1.165, 1.54) is 12.1 Å². The van der Waals surface area contributed by atoms with E-state index < -0.39 is 11.7 Å². The highest BCUT2D eigenvalue weighted by atomic mass is 79.9. The summed E-state index contributed by atoms with van der Waals surface area (Å²) in [5, 5.41) is 0. The molecule has 2 rings (SSSR count). The lowest BCUT2D eigenvalue weighted by Gasteiger charge is -2.28. The summed E-state index contributed by atoms with van der Waals surface area (Å²) in [4.78, 5) is 1.77. The maximum Gasteiger partial charge on any atom is 0.418 e. The highest BCUT2D eigenvalue weighted by Crippen LogP contribution is 2.40. The molecule has 1 saturated heterocycles. The second-order valence-corrected chi connectivity index (χ2v) is 5.30. The number of benzene rings is 1. The van der Waals surface area contributed by atoms with Crippen LogP contribution in [0.1, 0.15) is 18.4 Å². The van der Waals surface area contributed by atoms with E-state index in [4.69, 9.17) is 5.73 Å². The van der Waals surface area contributed by atoms with Gasteiger partial charge in [0.25, 0.3) is 0 Å². The highest BCUT2D eigenvalue weighted by Gasteiger charge is 2.37. The van der Waals surface area contributed by atoms with Gasteiger partial charge in [-0.15, -0.1) is 0 Å². The number of rotatable bonds is 2. The highest BCUT2D eigenvalue weighted by molar-refractivity contribution is 9.10. The van der Waals surface area contributed by atoms with Crippen molar-refractivity contribution in [1.82, 2.24) is 0 Å². The normalized spacial score (nSPS) is 20.5. The minimum Gasteiger partial charge on any atom is -0.367 e. The predicted octanol–water partition coefficient (Wildman–Crippen LogP) is 3.40. The fourth-order valence-corrected chi connectivity index (χ4v) is 2.73. The zero-order valence-electron chi connectivity index (χ0n) is 9.67. The standard InChI is InChI=1S/C12H14BrF3N2/c13-8-3-4-10(12(14,15)16)11(6-8)18-5-1-2-9(18)7-17/h3-4,6,9H,1-2,5,7,17H2. The summed E-state index contributed by atoms with van der Waals surface area (Å²) in [6.45, 7) is 1.01. The molecule has 100 valence electrons. The molecular formula is C12H14BrF3N2. The van der Waals surface area contributed by atoms with Crippen LogP contribution in [0.2, 0.25) is 0 Å². The number of halogens is 4. The Morgan fingerprint density at radius 3 is 2.72 bits per heavy atom. The first kappa shape index (κ1) is 13.7. The van der Waals surface area contributed by atoms with Gasteiger partial charge in [0.1, 0.15) is 0 Å². The van der Waals surface area contributed by atoms with Crippen LogP contribution in [0.25, 0.3) is 0 Å². The summed E-state index contributed by atoms with van der Waals surface area (Å²) >= 11 is 3.23. The Bertz CT molecular complexity index is 434. The molecule has 2 nitrogen and oxygen atoms in total. The van der Waals surface area contributed by atoms with Gasteiger partial charge < -0.3 is 10.6 Å². The molecule has 1 fully saturated rings. The largest absolute Gasteiger partial charge is 0.418 e. The van der Waals surface area contributed by atoms with Gasteiger partial charge in [0.05, 0.1) is 11.3 Å². The first-order chi connectivity index (χ1) is 8.43. The third-order valence-electron chi connectivity index (χ3n) is 3.22. The van der Waals surface area contributed by atoms with Gasteiger partial charge in [-0.3, -0.25) is 0 Å². The molecule has 0 bridgehead atoms. The molecule has 0 spiro atoms. The van der Waals surface area contributed by atoms with Crippen molar-refractivity contribution < 1.29 is 13.2 Å². The van der Waals surface area contributed by atoms with E-state index in [2.05, 4.69) is 15.9 Å². The van der Waals surface area contributed by atoms with Gasteiger partial charge >= 0.3 is 6.18 Å². The number of alkyl halides is 3. The van der Waals surface area contributed by atoms with Crippen LogP contribution in [0.15, 0.2) is 22.7 Å². The molecule has 0 saturated carbocycles. The number of nitrogens with zero attached hydrogens (tertiary/aromatic N) is 1. The third-order valence-corrected chi connectivity index (χ3v) is 3.72. The molecule has 6 heteroatoms. The molecule has 1 aliphatic rings. The van der Waals surface area contributed by atoms with Crippen molar-refractivity contribution in [2.45, 2.75) is 25.1 Å². The number of anilines is 1. The Kier molecular flexibility index (Phi) is 3.87. The Morgan fingerprint density at radius 1 is 1.39 bits per heavy atom. The molecule has 0 aliphatic carbocycles. The molecule has 1 aromatic carbocycles. The van der Waals surface area contributed by atoms with Crippen molar-refractivity contribution in [2.24, 2.45) is 5.73 Å². The monoisotopic (exact) mass is 322 g/mol. The third kappa shape index (κ3) is 2.64. The van der Waals surface area contributed by atoms with Gasteiger partial charge in [-0.25, -0.2) is 0 Å². The van der Waals surface area contributed by atoms with E-state index in [9.17, 15) is 13.2 Å². The Hall–Kier alpha value is -0.750. The molecule has 2 N–H and O–H groups in total. The summed E-state index contributed by atoms with van der Waals surface area (Å²) < 4.78 is 39.6. The van der Waals surface area contributed by atoms with E-state index in [-0.39, 0.29) is 11.7 Å². The Morgan fingerprint density at radius 2 is 2.11 bits per heavy atom. The quantitative estimate of drug-likeness (QED) is 0.904. The molecule has 1 aliphatic heterocycles. The van der Waals surface area contributed by atoms with Crippen LogP contribution >= 0.6 is 15.9 Å². The van der Waals surface area contributed by atoms with Gasteiger partial charge in [-0.1, -0.05) is 15.9 Å². The topological polar surface area (TPSA) is 29.3 Å². The van der Waals surface area contributed by atoms with E-state index in [1.807, 2.05) is 0 Å². The first-order valence-electron chi connectivity index (χ1n) is 5.77. The van der Waals surface area contributed by atoms with E-state index in [0.29, 0.717) is 17.6 Å². The van der Waals surface area contributed by atoms with E-state index in [1.54, 1.807) is 4.90 Å². The minimum atomic E-state index is -4.34. The van der Waals surface area contributed by atoms with Gasteiger partial charge in [-0.05, 0) is 31.0 Å². The lowest BCUT2D eigenvalue weighted by atomic mass is 10.1. The summed E-state index contributed by atoms with van der Waals surface area (Å²) in [6, 6.07) is 4.06. The van der Waals surface area contributed by atoms with E-state index >= 15 is 0 Å². The average Bonchev–Trinajstić information content (AvgIpc) is 2.75. The van der Waals surface area contributed by atoms with Crippen molar-refractivity contribution in [2.75, 3.05) is 18.0 Å². The maximum atomic E-state index is 13.0. The van der Waals surface area contributed by atoms with Gasteiger partial charge in [0.2, 0.25) is 0 Å². The lowest BCUT2D eigenvalue weighted by Crippen LogP contribution is -2.36. The number of hydrogen-bond donors (Lipinski definition) is 1. The fraction of sp³-hybridized carbons (Fsp3) is 0.500. The minimum absolute atomic E-state index is 0.000370. The lowest BCUT2D eigenvalue weighted by molar-refractivity contribution is -0.137. The molecule has 1 aromatic rings. The second kappa shape index (κ2) is 5.09. The van der Waals surface area contributed by atoms with Crippen molar-refractivity contribution in [3.8, 4) is 0 Å². The van der Waals surface area contributed by atoms with Crippen molar-refractivity contribution in [3.63, 3.8) is 0 Å². The fourth-order valence-electron chi connectivity index (χ4n) is 2.38. The Balaban J connectivity index is 2.45. The second-order valence-electron chi connectivity index (χ2n) is 4.38. The van der Waals surface area contributed by atoms with Crippen LogP contribution < -0.4 is 10.6 Å². The molecular weight excluding hydrogens is 309 g/mol. The van der Waals surface area contributed by atoms with Crippen LogP contribution in [-0.4, -0.2) is 19.1 Å². The molecule has 0 aromatic heterocycles. The van der Waals surface area contributed by atoms with Crippen molar-refractivity contribution in [3.05, 3.63) is 28.2 Å². The zero-order valence-corrected chi connectivity index (χ0v) is 11.3. The van der Waals surface area contributed by atoms with Crippen LogP contribution in [-0.2, 0) is 6.18 Å².